The van der Waals surface area contributed by atoms with E-state index in [0.29, 0.717) is 24.4 Å². The number of carbonyl (C=O) groups excluding carboxylic acids is 2. The fraction of sp³-hybridized carbons (Fsp3) is 0.417. The third-order valence-electron chi connectivity index (χ3n) is 4.70. The van der Waals surface area contributed by atoms with Gasteiger partial charge in [0.25, 0.3) is 0 Å². The van der Waals surface area contributed by atoms with Gasteiger partial charge in [-0.25, -0.2) is 9.59 Å². The number of ether oxygens (including phenoxy) is 3. The van der Waals surface area contributed by atoms with Crippen molar-refractivity contribution in [2.45, 2.75) is 51.9 Å². The summed E-state index contributed by atoms with van der Waals surface area (Å²) in [5.41, 5.74) is 0.940. The normalized spacial score (nSPS) is 14.8. The molecule has 0 aromatic heterocycles. The van der Waals surface area contributed by atoms with Crippen molar-refractivity contribution in [3.8, 4) is 5.75 Å². The molecule has 1 amide bonds. The number of carbonyl (C=O) groups is 2. The minimum absolute atomic E-state index is 0.0237. The van der Waals surface area contributed by atoms with Crippen molar-refractivity contribution < 1.29 is 23.8 Å². The third-order valence-corrected chi connectivity index (χ3v) is 4.70. The molecule has 2 aromatic rings. The molecule has 1 heterocycles. The van der Waals surface area contributed by atoms with Crippen LogP contribution in [0.4, 0.5) is 4.79 Å². The molecule has 1 fully saturated rings. The highest BCUT2D eigenvalue weighted by Crippen LogP contribution is 2.21. The summed E-state index contributed by atoms with van der Waals surface area (Å²) >= 11 is 0. The lowest BCUT2D eigenvalue weighted by atomic mass is 10.1. The highest BCUT2D eigenvalue weighted by atomic mass is 16.6. The van der Waals surface area contributed by atoms with Crippen LogP contribution in [0.5, 0.6) is 5.75 Å². The fourth-order valence-corrected chi connectivity index (χ4v) is 3.17. The van der Waals surface area contributed by atoms with Gasteiger partial charge in [-0.3, -0.25) is 0 Å². The Hall–Kier alpha value is -3.02. The second-order valence-corrected chi connectivity index (χ2v) is 8.37. The lowest BCUT2D eigenvalue weighted by Crippen LogP contribution is -2.42. The highest BCUT2D eigenvalue weighted by Gasteiger charge is 2.25. The number of amides is 1. The molecule has 0 saturated carbocycles. The maximum absolute atomic E-state index is 12.3. The lowest BCUT2D eigenvalue weighted by Gasteiger charge is -2.31. The smallest absolute Gasteiger partial charge is 0.410 e. The molecule has 0 spiro atoms. The van der Waals surface area contributed by atoms with Crippen LogP contribution in [0.1, 0.15) is 49.5 Å². The Morgan fingerprint density at radius 2 is 1.60 bits per heavy atom. The minimum atomic E-state index is -0.525. The molecule has 6 nitrogen and oxygen atoms in total. The van der Waals surface area contributed by atoms with Crippen LogP contribution in [0.25, 0.3) is 0 Å². The standard InChI is InChI=1S/C24H29NO5/c1-24(2,3)30-22(26)19-9-11-20(12-10-19)29-21-13-15-25(16-14-21)23(27)28-17-18-7-5-4-6-8-18/h4-12,21H,13-17H2,1-3H3. The van der Waals surface area contributed by atoms with Crippen molar-refractivity contribution in [3.63, 3.8) is 0 Å². The van der Waals surface area contributed by atoms with Crippen LogP contribution >= 0.6 is 0 Å². The average Bonchev–Trinajstić information content (AvgIpc) is 2.72. The summed E-state index contributed by atoms with van der Waals surface area (Å²) in [4.78, 5) is 26.1. The molecular weight excluding hydrogens is 382 g/mol. The molecule has 3 rings (SSSR count). The summed E-state index contributed by atoms with van der Waals surface area (Å²) in [7, 11) is 0. The van der Waals surface area contributed by atoms with Crippen molar-refractivity contribution in [3.05, 3.63) is 65.7 Å². The predicted molar refractivity (Wildman–Crippen MR) is 113 cm³/mol. The Labute approximate surface area is 177 Å². The van der Waals surface area contributed by atoms with E-state index in [2.05, 4.69) is 0 Å². The van der Waals surface area contributed by atoms with E-state index in [9.17, 15) is 9.59 Å². The second-order valence-electron chi connectivity index (χ2n) is 8.37. The molecule has 1 aliphatic heterocycles. The Kier molecular flexibility index (Phi) is 6.98. The molecule has 0 aliphatic carbocycles. The zero-order chi connectivity index (χ0) is 21.6. The number of piperidine rings is 1. The van der Waals surface area contributed by atoms with E-state index in [1.807, 2.05) is 51.1 Å². The summed E-state index contributed by atoms with van der Waals surface area (Å²) in [6.07, 6.45) is 1.19. The molecule has 6 heteroatoms. The van der Waals surface area contributed by atoms with Gasteiger partial charge in [0.2, 0.25) is 0 Å². The molecule has 0 radical (unpaired) electrons. The zero-order valence-electron chi connectivity index (χ0n) is 17.8. The van der Waals surface area contributed by atoms with Crippen LogP contribution in [0.3, 0.4) is 0 Å². The molecule has 0 bridgehead atoms. The SMILES string of the molecule is CC(C)(C)OC(=O)c1ccc(OC2CCN(C(=O)OCc3ccccc3)CC2)cc1. The molecule has 2 aromatic carbocycles. The van der Waals surface area contributed by atoms with Crippen LogP contribution in [0.15, 0.2) is 54.6 Å². The van der Waals surface area contributed by atoms with Crippen LogP contribution < -0.4 is 4.74 Å². The van der Waals surface area contributed by atoms with Crippen molar-refractivity contribution >= 4 is 12.1 Å². The fourth-order valence-electron chi connectivity index (χ4n) is 3.17. The van der Waals surface area contributed by atoms with Crippen molar-refractivity contribution in [2.75, 3.05) is 13.1 Å². The van der Waals surface area contributed by atoms with E-state index in [1.165, 1.54) is 0 Å². The highest BCUT2D eigenvalue weighted by molar-refractivity contribution is 5.89. The zero-order valence-corrected chi connectivity index (χ0v) is 17.8. The van der Waals surface area contributed by atoms with Gasteiger partial charge in [-0.15, -0.1) is 0 Å². The Balaban J connectivity index is 1.43. The second kappa shape index (κ2) is 9.65. The van der Waals surface area contributed by atoms with Crippen molar-refractivity contribution in [2.24, 2.45) is 0 Å². The summed E-state index contributed by atoms with van der Waals surface area (Å²) < 4.78 is 16.8. The Morgan fingerprint density at radius 3 is 2.20 bits per heavy atom. The van der Waals surface area contributed by atoms with Gasteiger partial charge < -0.3 is 19.1 Å². The summed E-state index contributed by atoms with van der Waals surface area (Å²) in [5, 5.41) is 0. The van der Waals surface area contributed by atoms with Gasteiger partial charge in [-0.05, 0) is 50.6 Å². The number of likely N-dealkylation sites (tertiary alicyclic amines) is 1. The van der Waals surface area contributed by atoms with Crippen LogP contribution in [-0.2, 0) is 16.1 Å². The lowest BCUT2D eigenvalue weighted by molar-refractivity contribution is 0.00694. The van der Waals surface area contributed by atoms with E-state index in [4.69, 9.17) is 14.2 Å². The molecule has 0 atom stereocenters. The summed E-state index contributed by atoms with van der Waals surface area (Å²) in [5.74, 6) is 0.351. The average molecular weight is 411 g/mol. The number of rotatable bonds is 5. The van der Waals surface area contributed by atoms with E-state index in [0.717, 1.165) is 18.4 Å². The maximum Gasteiger partial charge on any atom is 0.410 e. The molecule has 0 N–H and O–H groups in total. The molecule has 0 unspecified atom stereocenters. The van der Waals surface area contributed by atoms with Crippen molar-refractivity contribution in [1.29, 1.82) is 0 Å². The van der Waals surface area contributed by atoms with Gasteiger partial charge in [0.15, 0.2) is 0 Å². The first-order chi connectivity index (χ1) is 14.3. The van der Waals surface area contributed by atoms with Gasteiger partial charge in [-0.1, -0.05) is 30.3 Å². The summed E-state index contributed by atoms with van der Waals surface area (Å²) in [6, 6.07) is 16.6. The quantitative estimate of drug-likeness (QED) is 0.660. The molecule has 1 saturated heterocycles. The van der Waals surface area contributed by atoms with Crippen molar-refractivity contribution in [1.82, 2.24) is 4.90 Å². The number of hydrogen-bond acceptors (Lipinski definition) is 5. The first kappa shape index (κ1) is 21.7. The topological polar surface area (TPSA) is 65.1 Å². The first-order valence-electron chi connectivity index (χ1n) is 10.3. The van der Waals surface area contributed by atoms with Crippen LogP contribution in [0.2, 0.25) is 0 Å². The van der Waals surface area contributed by atoms with Crippen LogP contribution in [0, 0.1) is 0 Å². The van der Waals surface area contributed by atoms with Crippen LogP contribution in [-0.4, -0.2) is 41.8 Å². The largest absolute Gasteiger partial charge is 0.490 e. The molecule has 160 valence electrons. The van der Waals surface area contributed by atoms with Gasteiger partial charge in [0.05, 0.1) is 5.56 Å². The van der Waals surface area contributed by atoms with Gasteiger partial charge in [-0.2, -0.15) is 0 Å². The van der Waals surface area contributed by atoms with Gasteiger partial charge in [0, 0.05) is 25.9 Å². The molecule has 30 heavy (non-hydrogen) atoms. The monoisotopic (exact) mass is 411 g/mol. The molecular formula is C24H29NO5. The first-order valence-corrected chi connectivity index (χ1v) is 10.3. The Morgan fingerprint density at radius 1 is 0.967 bits per heavy atom. The number of nitrogens with zero attached hydrogens (tertiary/aromatic N) is 1. The van der Waals surface area contributed by atoms with E-state index in [-0.39, 0.29) is 24.8 Å². The van der Waals surface area contributed by atoms with Gasteiger partial charge >= 0.3 is 12.1 Å². The minimum Gasteiger partial charge on any atom is -0.490 e. The molecule has 1 aliphatic rings. The maximum atomic E-state index is 12.3. The number of benzene rings is 2. The Bertz CT molecular complexity index is 834. The number of hydrogen-bond donors (Lipinski definition) is 0. The third kappa shape index (κ3) is 6.51. The summed E-state index contributed by atoms with van der Waals surface area (Å²) in [6.45, 7) is 6.98. The predicted octanol–water partition coefficient (Wildman–Crippen LogP) is 4.82. The van der Waals surface area contributed by atoms with Gasteiger partial charge in [0.1, 0.15) is 24.1 Å². The van der Waals surface area contributed by atoms with E-state index in [1.54, 1.807) is 29.2 Å². The van der Waals surface area contributed by atoms with E-state index < -0.39 is 5.60 Å². The number of esters is 1. The van der Waals surface area contributed by atoms with E-state index >= 15 is 0 Å².